The van der Waals surface area contributed by atoms with E-state index in [9.17, 15) is 9.59 Å². The molecule has 0 saturated carbocycles. The highest BCUT2D eigenvalue weighted by Crippen LogP contribution is 2.24. The first-order valence-corrected chi connectivity index (χ1v) is 7.05. The van der Waals surface area contributed by atoms with E-state index in [2.05, 4.69) is 5.32 Å². The maximum Gasteiger partial charge on any atom is 0.305 e. The normalized spacial score (nSPS) is 10.6. The number of hydrogen-bond donors (Lipinski definition) is 1. The number of carbonyl (C=O) groups excluding carboxylic acids is 2. The molecule has 0 aliphatic carbocycles. The van der Waals surface area contributed by atoms with Crippen LogP contribution in [-0.2, 0) is 9.53 Å². The van der Waals surface area contributed by atoms with Crippen LogP contribution in [0.5, 0.6) is 0 Å². The summed E-state index contributed by atoms with van der Waals surface area (Å²) >= 11 is 0. The van der Waals surface area contributed by atoms with Crippen LogP contribution < -0.4 is 5.32 Å². The summed E-state index contributed by atoms with van der Waals surface area (Å²) in [6.07, 6.45) is 0.844. The van der Waals surface area contributed by atoms with Gasteiger partial charge in [-0.05, 0) is 26.3 Å². The van der Waals surface area contributed by atoms with Crippen LogP contribution in [0, 0.1) is 6.92 Å². The minimum atomic E-state index is -0.257. The number of carbonyl (C=O) groups is 2. The van der Waals surface area contributed by atoms with Gasteiger partial charge in [-0.2, -0.15) is 0 Å². The summed E-state index contributed by atoms with van der Waals surface area (Å²) in [6.45, 7) is 4.42. The number of aryl methyl sites for hydroxylation is 1. The maximum absolute atomic E-state index is 12.1. The van der Waals surface area contributed by atoms with Crippen molar-refractivity contribution in [2.24, 2.45) is 0 Å². The van der Waals surface area contributed by atoms with Crippen LogP contribution in [0.4, 0.5) is 0 Å². The molecule has 1 heterocycles. The third-order valence-electron chi connectivity index (χ3n) is 3.20. The molecule has 0 fully saturated rings. The Bertz CT molecular complexity index is 645. The van der Waals surface area contributed by atoms with Crippen LogP contribution in [-0.4, -0.2) is 25.0 Å². The van der Waals surface area contributed by atoms with Crippen molar-refractivity contribution in [2.75, 3.05) is 13.2 Å². The highest BCUT2D eigenvalue weighted by molar-refractivity contribution is 5.98. The summed E-state index contributed by atoms with van der Waals surface area (Å²) < 4.78 is 10.4. The smallest absolute Gasteiger partial charge is 0.305 e. The van der Waals surface area contributed by atoms with E-state index < -0.39 is 0 Å². The third kappa shape index (κ3) is 3.62. The lowest BCUT2D eigenvalue weighted by atomic mass is 10.1. The van der Waals surface area contributed by atoms with Gasteiger partial charge >= 0.3 is 5.97 Å². The Balaban J connectivity index is 1.91. The Hall–Kier alpha value is -2.30. The number of esters is 1. The van der Waals surface area contributed by atoms with Crippen molar-refractivity contribution in [2.45, 2.75) is 26.7 Å². The van der Waals surface area contributed by atoms with Crippen molar-refractivity contribution in [3.63, 3.8) is 0 Å². The number of fused-ring (bicyclic) bond motifs is 1. The summed E-state index contributed by atoms with van der Waals surface area (Å²) in [7, 11) is 0. The molecule has 1 N–H and O–H groups in total. The van der Waals surface area contributed by atoms with E-state index in [0.717, 1.165) is 10.9 Å². The largest absolute Gasteiger partial charge is 0.466 e. The number of para-hydroxylation sites is 1. The van der Waals surface area contributed by atoms with E-state index >= 15 is 0 Å². The Morgan fingerprint density at radius 2 is 2.05 bits per heavy atom. The second-order valence-electron chi connectivity index (χ2n) is 4.72. The molecule has 112 valence electrons. The summed E-state index contributed by atoms with van der Waals surface area (Å²) in [4.78, 5) is 23.3. The molecule has 2 rings (SSSR count). The average Bonchev–Trinajstić information content (AvgIpc) is 2.81. The van der Waals surface area contributed by atoms with Gasteiger partial charge in [0.2, 0.25) is 0 Å². The van der Waals surface area contributed by atoms with Crippen LogP contribution in [0.1, 0.15) is 35.9 Å². The summed E-state index contributed by atoms with van der Waals surface area (Å²) in [5.74, 6) is -0.174. The first-order chi connectivity index (χ1) is 10.1. The predicted molar refractivity (Wildman–Crippen MR) is 79.2 cm³/mol. The van der Waals surface area contributed by atoms with E-state index in [1.54, 1.807) is 6.92 Å². The minimum Gasteiger partial charge on any atom is -0.466 e. The lowest BCUT2D eigenvalue weighted by Crippen LogP contribution is -2.25. The quantitative estimate of drug-likeness (QED) is 0.656. The van der Waals surface area contributed by atoms with Crippen molar-refractivity contribution in [1.29, 1.82) is 0 Å². The molecule has 1 aromatic heterocycles. The van der Waals surface area contributed by atoms with Crippen LogP contribution in [0.25, 0.3) is 11.0 Å². The van der Waals surface area contributed by atoms with Gasteiger partial charge in [-0.15, -0.1) is 0 Å². The molecule has 5 nitrogen and oxygen atoms in total. The fourth-order valence-electron chi connectivity index (χ4n) is 2.14. The summed E-state index contributed by atoms with van der Waals surface area (Å²) in [5.41, 5.74) is 1.53. The molecule has 0 bridgehead atoms. The molecule has 2 aromatic rings. The van der Waals surface area contributed by atoms with Crippen LogP contribution >= 0.6 is 0 Å². The number of hydrogen-bond acceptors (Lipinski definition) is 4. The molecule has 0 aliphatic heterocycles. The van der Waals surface area contributed by atoms with E-state index in [0.29, 0.717) is 37.3 Å². The minimum absolute atomic E-state index is 0.244. The van der Waals surface area contributed by atoms with Gasteiger partial charge in [0.15, 0.2) is 5.76 Å². The SMILES string of the molecule is CCOC(=O)CCCNC(=O)c1oc2ccccc2c1C. The number of benzene rings is 1. The second kappa shape index (κ2) is 6.92. The number of amides is 1. The summed E-state index contributed by atoms with van der Waals surface area (Å²) in [6, 6.07) is 7.53. The van der Waals surface area contributed by atoms with Gasteiger partial charge in [0.25, 0.3) is 5.91 Å². The van der Waals surface area contributed by atoms with Crippen molar-refractivity contribution < 1.29 is 18.7 Å². The van der Waals surface area contributed by atoms with E-state index in [-0.39, 0.29) is 11.9 Å². The van der Waals surface area contributed by atoms with Crippen molar-refractivity contribution in [1.82, 2.24) is 5.32 Å². The van der Waals surface area contributed by atoms with Gasteiger partial charge in [-0.25, -0.2) is 0 Å². The molecule has 0 aliphatic rings. The van der Waals surface area contributed by atoms with Gasteiger partial charge in [0, 0.05) is 23.9 Å². The molecule has 5 heteroatoms. The molecular formula is C16H19NO4. The summed E-state index contributed by atoms with van der Waals surface area (Å²) in [5, 5.41) is 3.70. The number of ether oxygens (including phenoxy) is 1. The number of furan rings is 1. The molecule has 0 radical (unpaired) electrons. The molecule has 0 saturated heterocycles. The van der Waals surface area contributed by atoms with Gasteiger partial charge < -0.3 is 14.5 Å². The van der Waals surface area contributed by atoms with Crippen molar-refractivity contribution >= 4 is 22.8 Å². The van der Waals surface area contributed by atoms with Crippen molar-refractivity contribution in [3.05, 3.63) is 35.6 Å². The molecule has 0 spiro atoms. The predicted octanol–water partition coefficient (Wildman–Crippen LogP) is 2.81. The van der Waals surface area contributed by atoms with Crippen LogP contribution in [0.2, 0.25) is 0 Å². The van der Waals surface area contributed by atoms with E-state index in [1.807, 2.05) is 31.2 Å². The molecule has 1 aromatic carbocycles. The molecule has 1 amide bonds. The molecule has 0 atom stereocenters. The van der Waals surface area contributed by atoms with E-state index in [4.69, 9.17) is 9.15 Å². The number of rotatable bonds is 6. The molecular weight excluding hydrogens is 270 g/mol. The zero-order chi connectivity index (χ0) is 15.2. The fourth-order valence-corrected chi connectivity index (χ4v) is 2.14. The Kier molecular flexibility index (Phi) is 4.98. The van der Waals surface area contributed by atoms with Crippen LogP contribution in [0.15, 0.2) is 28.7 Å². The average molecular weight is 289 g/mol. The van der Waals surface area contributed by atoms with Crippen LogP contribution in [0.3, 0.4) is 0 Å². The second-order valence-corrected chi connectivity index (χ2v) is 4.72. The van der Waals surface area contributed by atoms with E-state index in [1.165, 1.54) is 0 Å². The number of nitrogens with one attached hydrogen (secondary N) is 1. The zero-order valence-electron chi connectivity index (χ0n) is 12.3. The van der Waals surface area contributed by atoms with Gasteiger partial charge in [-0.1, -0.05) is 18.2 Å². The Morgan fingerprint density at radius 1 is 1.29 bits per heavy atom. The van der Waals surface area contributed by atoms with Crippen molar-refractivity contribution in [3.8, 4) is 0 Å². The lowest BCUT2D eigenvalue weighted by Gasteiger charge is -2.04. The van der Waals surface area contributed by atoms with Gasteiger partial charge in [-0.3, -0.25) is 9.59 Å². The zero-order valence-corrected chi connectivity index (χ0v) is 12.3. The topological polar surface area (TPSA) is 68.5 Å². The van der Waals surface area contributed by atoms with Gasteiger partial charge in [0.1, 0.15) is 5.58 Å². The highest BCUT2D eigenvalue weighted by atomic mass is 16.5. The first kappa shape index (κ1) is 15.1. The standard InChI is InChI=1S/C16H19NO4/c1-3-20-14(18)9-6-10-17-16(19)15-11(2)12-7-4-5-8-13(12)21-15/h4-5,7-8H,3,6,9-10H2,1-2H3,(H,17,19). The molecule has 21 heavy (non-hydrogen) atoms. The molecule has 0 unspecified atom stereocenters. The fraction of sp³-hybridized carbons (Fsp3) is 0.375. The Morgan fingerprint density at radius 3 is 2.76 bits per heavy atom. The third-order valence-corrected chi connectivity index (χ3v) is 3.20. The Labute approximate surface area is 123 Å². The lowest BCUT2D eigenvalue weighted by molar-refractivity contribution is -0.143. The van der Waals surface area contributed by atoms with Gasteiger partial charge in [0.05, 0.1) is 6.61 Å². The maximum atomic E-state index is 12.1. The first-order valence-electron chi connectivity index (χ1n) is 7.05. The highest BCUT2D eigenvalue weighted by Gasteiger charge is 2.16. The monoisotopic (exact) mass is 289 g/mol.